The number of nitrogens with zero attached hydrogens (tertiary/aromatic N) is 1. The van der Waals surface area contributed by atoms with Gasteiger partial charge in [0.2, 0.25) is 0 Å². The number of pyridine rings is 1. The second-order valence-electron chi connectivity index (χ2n) is 5.95. The Morgan fingerprint density at radius 1 is 1.16 bits per heavy atom. The van der Waals surface area contributed by atoms with Gasteiger partial charge in [0.25, 0.3) is 10.2 Å². The molecular formula is C16H21N3O5S. The molecule has 2 unspecified atom stereocenters. The topological polar surface area (TPSA) is 113 Å². The number of hydrogen-bond donors (Lipinski definition) is 2. The Bertz CT molecular complexity index is 871. The van der Waals surface area contributed by atoms with Gasteiger partial charge in [-0.15, -0.1) is 0 Å². The molecule has 1 aromatic carbocycles. The van der Waals surface area contributed by atoms with Gasteiger partial charge in [0.1, 0.15) is 11.9 Å². The van der Waals surface area contributed by atoms with Gasteiger partial charge >= 0.3 is 0 Å². The van der Waals surface area contributed by atoms with E-state index in [0.29, 0.717) is 30.1 Å². The van der Waals surface area contributed by atoms with Crippen LogP contribution in [0.2, 0.25) is 0 Å². The van der Waals surface area contributed by atoms with Crippen LogP contribution in [0.3, 0.4) is 0 Å². The molecular weight excluding hydrogens is 346 g/mol. The highest BCUT2D eigenvalue weighted by atomic mass is 32.2. The largest absolute Gasteiger partial charge is 0.493 e. The molecule has 136 valence electrons. The fourth-order valence-corrected chi connectivity index (χ4v) is 3.79. The van der Waals surface area contributed by atoms with Crippen molar-refractivity contribution in [3.8, 4) is 17.2 Å². The zero-order chi connectivity index (χ0) is 18.0. The number of fused-ring (bicyclic) bond motifs is 1. The Labute approximate surface area is 146 Å². The van der Waals surface area contributed by atoms with E-state index in [1.807, 2.05) is 6.07 Å². The number of rotatable bonds is 6. The SMILES string of the molecule is COc1cc2nccc(OC3CCC(NS(N)(=O)=O)C3)c2cc1OC. The molecule has 1 aliphatic rings. The first-order valence-corrected chi connectivity index (χ1v) is 9.41. The van der Waals surface area contributed by atoms with E-state index in [0.717, 1.165) is 17.3 Å². The minimum atomic E-state index is -3.70. The van der Waals surface area contributed by atoms with Crippen molar-refractivity contribution in [3.05, 3.63) is 24.4 Å². The fraction of sp³-hybridized carbons (Fsp3) is 0.438. The van der Waals surface area contributed by atoms with E-state index < -0.39 is 10.2 Å². The van der Waals surface area contributed by atoms with Crippen molar-refractivity contribution in [2.45, 2.75) is 31.4 Å². The maximum Gasteiger partial charge on any atom is 0.274 e. The molecule has 2 aromatic rings. The van der Waals surface area contributed by atoms with Crippen LogP contribution >= 0.6 is 0 Å². The van der Waals surface area contributed by atoms with E-state index in [-0.39, 0.29) is 12.1 Å². The molecule has 3 N–H and O–H groups in total. The molecule has 1 heterocycles. The number of ether oxygens (including phenoxy) is 3. The van der Waals surface area contributed by atoms with Gasteiger partial charge in [-0.05, 0) is 25.0 Å². The van der Waals surface area contributed by atoms with Crippen LogP contribution in [0.5, 0.6) is 17.2 Å². The first-order chi connectivity index (χ1) is 11.9. The maximum atomic E-state index is 11.1. The fourth-order valence-electron chi connectivity index (χ4n) is 3.12. The molecule has 2 atom stereocenters. The lowest BCUT2D eigenvalue weighted by Gasteiger charge is -2.17. The average Bonchev–Trinajstić information content (AvgIpc) is 2.98. The highest BCUT2D eigenvalue weighted by molar-refractivity contribution is 7.87. The standard InChI is InChI=1S/C16H21N3O5S/c1-22-15-8-12-13(9-16(15)23-2)18-6-5-14(12)24-11-4-3-10(7-11)19-25(17,20)21/h5-6,8-11,19H,3-4,7H2,1-2H3,(H2,17,20,21). The van der Waals surface area contributed by atoms with Gasteiger partial charge in [-0.2, -0.15) is 13.1 Å². The summed E-state index contributed by atoms with van der Waals surface area (Å²) in [5, 5.41) is 5.84. The Kier molecular flexibility index (Phi) is 4.98. The third kappa shape index (κ3) is 4.12. The zero-order valence-electron chi connectivity index (χ0n) is 14.1. The number of nitrogens with one attached hydrogen (secondary N) is 1. The lowest BCUT2D eigenvalue weighted by Crippen LogP contribution is -2.38. The van der Waals surface area contributed by atoms with Crippen molar-refractivity contribution in [2.75, 3.05) is 14.2 Å². The summed E-state index contributed by atoms with van der Waals surface area (Å²) in [7, 11) is -0.560. The number of nitrogens with two attached hydrogens (primary N) is 1. The van der Waals surface area contributed by atoms with Crippen molar-refractivity contribution >= 4 is 21.1 Å². The van der Waals surface area contributed by atoms with E-state index in [1.54, 1.807) is 32.5 Å². The van der Waals surface area contributed by atoms with Crippen LogP contribution in [0, 0.1) is 0 Å². The van der Waals surface area contributed by atoms with Crippen molar-refractivity contribution in [1.82, 2.24) is 9.71 Å². The van der Waals surface area contributed by atoms with Crippen molar-refractivity contribution in [2.24, 2.45) is 5.14 Å². The number of methoxy groups -OCH3 is 2. The van der Waals surface area contributed by atoms with Gasteiger partial charge in [0.05, 0.1) is 19.7 Å². The molecule has 1 saturated carbocycles. The molecule has 0 radical (unpaired) electrons. The molecule has 0 spiro atoms. The first-order valence-electron chi connectivity index (χ1n) is 7.87. The van der Waals surface area contributed by atoms with Crippen LogP contribution in [-0.2, 0) is 10.2 Å². The Morgan fingerprint density at radius 3 is 2.56 bits per heavy atom. The van der Waals surface area contributed by atoms with Crippen LogP contribution < -0.4 is 24.1 Å². The summed E-state index contributed by atoms with van der Waals surface area (Å²) in [5.41, 5.74) is 0.729. The molecule has 3 rings (SSSR count). The van der Waals surface area contributed by atoms with Gasteiger partial charge < -0.3 is 14.2 Å². The maximum absolute atomic E-state index is 11.1. The predicted octanol–water partition coefficient (Wildman–Crippen LogP) is 1.34. The number of aromatic nitrogens is 1. The lowest BCUT2D eigenvalue weighted by molar-refractivity contribution is 0.210. The van der Waals surface area contributed by atoms with E-state index in [2.05, 4.69) is 9.71 Å². The molecule has 9 heteroatoms. The van der Waals surface area contributed by atoms with E-state index in [1.165, 1.54) is 0 Å². The summed E-state index contributed by atoms with van der Waals surface area (Å²) < 4.78 is 41.5. The van der Waals surface area contributed by atoms with Crippen LogP contribution in [-0.4, -0.2) is 39.8 Å². The van der Waals surface area contributed by atoms with E-state index >= 15 is 0 Å². The Hall–Kier alpha value is -2.10. The molecule has 0 bridgehead atoms. The predicted molar refractivity (Wildman–Crippen MR) is 93.1 cm³/mol. The van der Waals surface area contributed by atoms with Crippen LogP contribution in [0.1, 0.15) is 19.3 Å². The molecule has 8 nitrogen and oxygen atoms in total. The Balaban J connectivity index is 1.82. The second kappa shape index (κ2) is 7.03. The van der Waals surface area contributed by atoms with E-state index in [9.17, 15) is 8.42 Å². The highest BCUT2D eigenvalue weighted by Gasteiger charge is 2.28. The molecule has 0 saturated heterocycles. The normalized spacial score (nSPS) is 20.6. The summed E-state index contributed by atoms with van der Waals surface area (Å²) in [5.74, 6) is 1.86. The summed E-state index contributed by atoms with van der Waals surface area (Å²) in [6, 6.07) is 5.20. The van der Waals surface area contributed by atoms with Gasteiger partial charge in [-0.1, -0.05) is 0 Å². The molecule has 0 amide bonds. The van der Waals surface area contributed by atoms with Gasteiger partial charge in [-0.25, -0.2) is 5.14 Å². The quantitative estimate of drug-likeness (QED) is 0.797. The van der Waals surface area contributed by atoms with Crippen LogP contribution in [0.25, 0.3) is 10.9 Å². The highest BCUT2D eigenvalue weighted by Crippen LogP contribution is 2.36. The number of hydrogen-bond acceptors (Lipinski definition) is 6. The van der Waals surface area contributed by atoms with Crippen LogP contribution in [0.15, 0.2) is 24.4 Å². The first kappa shape index (κ1) is 17.7. The smallest absolute Gasteiger partial charge is 0.274 e. The molecule has 1 fully saturated rings. The van der Waals surface area contributed by atoms with Crippen molar-refractivity contribution in [3.63, 3.8) is 0 Å². The summed E-state index contributed by atoms with van der Waals surface area (Å²) in [6.45, 7) is 0. The molecule has 1 aromatic heterocycles. The minimum absolute atomic E-state index is 0.0991. The molecule has 25 heavy (non-hydrogen) atoms. The lowest BCUT2D eigenvalue weighted by atomic mass is 10.1. The van der Waals surface area contributed by atoms with E-state index in [4.69, 9.17) is 19.3 Å². The van der Waals surface area contributed by atoms with Gasteiger partial charge in [0, 0.05) is 30.1 Å². The zero-order valence-corrected chi connectivity index (χ0v) is 14.9. The average molecular weight is 367 g/mol. The molecule has 0 aliphatic heterocycles. The monoisotopic (exact) mass is 367 g/mol. The van der Waals surface area contributed by atoms with Crippen molar-refractivity contribution < 1.29 is 22.6 Å². The molecule has 1 aliphatic carbocycles. The summed E-state index contributed by atoms with van der Waals surface area (Å²) in [6.07, 6.45) is 3.55. The number of benzene rings is 1. The summed E-state index contributed by atoms with van der Waals surface area (Å²) in [4.78, 5) is 4.34. The second-order valence-corrected chi connectivity index (χ2v) is 7.27. The summed E-state index contributed by atoms with van der Waals surface area (Å²) >= 11 is 0. The third-order valence-electron chi connectivity index (χ3n) is 4.22. The third-order valence-corrected chi connectivity index (χ3v) is 4.88. The Morgan fingerprint density at radius 2 is 1.88 bits per heavy atom. The van der Waals surface area contributed by atoms with Gasteiger partial charge in [-0.3, -0.25) is 4.98 Å². The minimum Gasteiger partial charge on any atom is -0.493 e. The van der Waals surface area contributed by atoms with Crippen molar-refractivity contribution in [1.29, 1.82) is 0 Å². The van der Waals surface area contributed by atoms with Crippen LogP contribution in [0.4, 0.5) is 0 Å². The van der Waals surface area contributed by atoms with Gasteiger partial charge in [0.15, 0.2) is 11.5 Å².